The number of anilines is 1. The van der Waals surface area contributed by atoms with E-state index in [1.54, 1.807) is 30.3 Å². The van der Waals surface area contributed by atoms with Crippen molar-refractivity contribution in [1.82, 2.24) is 0 Å². The van der Waals surface area contributed by atoms with Crippen LogP contribution < -0.4 is 5.32 Å². The summed E-state index contributed by atoms with van der Waals surface area (Å²) in [7, 11) is 0. The average molecular weight is 272 g/mol. The molecule has 0 saturated carbocycles. The van der Waals surface area contributed by atoms with Gasteiger partial charge in [0.15, 0.2) is 5.92 Å². The van der Waals surface area contributed by atoms with Crippen molar-refractivity contribution in [3.8, 4) is 6.07 Å². The maximum Gasteiger partial charge on any atom is 0.246 e. The Morgan fingerprint density at radius 3 is 2.50 bits per heavy atom. The van der Waals surface area contributed by atoms with E-state index < -0.39 is 23.5 Å². The monoisotopic (exact) mass is 272 g/mol. The molecule has 0 aliphatic rings. The van der Waals surface area contributed by atoms with E-state index in [0.29, 0.717) is 5.56 Å². The zero-order valence-corrected chi connectivity index (χ0v) is 10.3. The standard InChI is InChI=1S/C15H10F2N2O/c16-11-6-7-13(17)14(8-11)19-15(20)12(9-18)10-4-2-1-3-5-10/h1-8,12H,(H,19,20). The van der Waals surface area contributed by atoms with Gasteiger partial charge in [-0.15, -0.1) is 0 Å². The molecule has 5 heteroatoms. The highest BCUT2D eigenvalue weighted by Crippen LogP contribution is 2.20. The van der Waals surface area contributed by atoms with Crippen molar-refractivity contribution in [3.63, 3.8) is 0 Å². The number of nitriles is 1. The Morgan fingerprint density at radius 2 is 1.85 bits per heavy atom. The third-order valence-corrected chi connectivity index (χ3v) is 2.71. The SMILES string of the molecule is N#CC(C(=O)Nc1cc(F)ccc1F)c1ccccc1. The summed E-state index contributed by atoms with van der Waals surface area (Å²) in [6, 6.07) is 12.9. The topological polar surface area (TPSA) is 52.9 Å². The van der Waals surface area contributed by atoms with E-state index in [9.17, 15) is 13.6 Å². The number of hydrogen-bond acceptors (Lipinski definition) is 2. The first-order valence-electron chi connectivity index (χ1n) is 5.82. The van der Waals surface area contributed by atoms with Crippen LogP contribution in [0.5, 0.6) is 0 Å². The molecule has 1 N–H and O–H groups in total. The Hall–Kier alpha value is -2.74. The molecule has 100 valence electrons. The molecule has 0 aliphatic carbocycles. The van der Waals surface area contributed by atoms with E-state index in [4.69, 9.17) is 5.26 Å². The molecule has 2 rings (SSSR count). The summed E-state index contributed by atoms with van der Waals surface area (Å²) in [4.78, 5) is 12.0. The molecular formula is C15H10F2N2O. The molecule has 1 unspecified atom stereocenters. The van der Waals surface area contributed by atoms with E-state index in [1.165, 1.54) is 0 Å². The summed E-state index contributed by atoms with van der Waals surface area (Å²) >= 11 is 0. The summed E-state index contributed by atoms with van der Waals surface area (Å²) in [5, 5.41) is 11.3. The van der Waals surface area contributed by atoms with Gasteiger partial charge in [0, 0.05) is 6.07 Å². The zero-order chi connectivity index (χ0) is 14.5. The van der Waals surface area contributed by atoms with E-state index in [0.717, 1.165) is 18.2 Å². The first-order chi connectivity index (χ1) is 9.61. The van der Waals surface area contributed by atoms with Crippen molar-refractivity contribution in [2.45, 2.75) is 5.92 Å². The molecule has 0 radical (unpaired) electrons. The second-order valence-corrected chi connectivity index (χ2v) is 4.09. The Labute approximate surface area is 114 Å². The van der Waals surface area contributed by atoms with Crippen LogP contribution in [-0.2, 0) is 4.79 Å². The number of hydrogen-bond donors (Lipinski definition) is 1. The Balaban J connectivity index is 2.23. The first-order valence-corrected chi connectivity index (χ1v) is 5.82. The molecule has 0 saturated heterocycles. The molecule has 1 atom stereocenters. The minimum absolute atomic E-state index is 0.286. The highest BCUT2D eigenvalue weighted by Gasteiger charge is 2.21. The molecule has 3 nitrogen and oxygen atoms in total. The van der Waals surface area contributed by atoms with Crippen molar-refractivity contribution >= 4 is 11.6 Å². The van der Waals surface area contributed by atoms with Gasteiger partial charge in [-0.3, -0.25) is 4.79 Å². The molecule has 0 heterocycles. The molecule has 0 fully saturated rings. The number of benzene rings is 2. The second kappa shape index (κ2) is 5.93. The maximum absolute atomic E-state index is 13.4. The van der Waals surface area contributed by atoms with E-state index in [-0.39, 0.29) is 5.69 Å². The molecule has 0 bridgehead atoms. The highest BCUT2D eigenvalue weighted by molar-refractivity contribution is 5.97. The van der Waals surface area contributed by atoms with Gasteiger partial charge in [-0.25, -0.2) is 8.78 Å². The third kappa shape index (κ3) is 2.98. The number of amides is 1. The molecule has 2 aromatic rings. The summed E-state index contributed by atoms with van der Waals surface area (Å²) in [6.07, 6.45) is 0. The van der Waals surface area contributed by atoms with Crippen LogP contribution in [0.4, 0.5) is 14.5 Å². The Morgan fingerprint density at radius 1 is 1.15 bits per heavy atom. The summed E-state index contributed by atoms with van der Waals surface area (Å²) < 4.78 is 26.5. The number of halogens is 2. The van der Waals surface area contributed by atoms with Crippen molar-refractivity contribution < 1.29 is 13.6 Å². The largest absolute Gasteiger partial charge is 0.322 e. The summed E-state index contributed by atoms with van der Waals surface area (Å²) in [5.41, 5.74) is 0.204. The third-order valence-electron chi connectivity index (χ3n) is 2.71. The van der Waals surface area contributed by atoms with Gasteiger partial charge >= 0.3 is 0 Å². The lowest BCUT2D eigenvalue weighted by molar-refractivity contribution is -0.116. The zero-order valence-electron chi connectivity index (χ0n) is 10.3. The van der Waals surface area contributed by atoms with Gasteiger partial charge in [0.25, 0.3) is 0 Å². The van der Waals surface area contributed by atoms with Crippen LogP contribution in [-0.4, -0.2) is 5.91 Å². The minimum atomic E-state index is -1.08. The fourth-order valence-electron chi connectivity index (χ4n) is 1.73. The molecule has 0 spiro atoms. The lowest BCUT2D eigenvalue weighted by Crippen LogP contribution is -2.20. The van der Waals surface area contributed by atoms with Crippen LogP contribution in [0.3, 0.4) is 0 Å². The number of nitrogens with one attached hydrogen (secondary N) is 1. The number of nitrogens with zero attached hydrogens (tertiary/aromatic N) is 1. The maximum atomic E-state index is 13.4. The van der Waals surface area contributed by atoms with Gasteiger partial charge in [0.05, 0.1) is 11.8 Å². The van der Waals surface area contributed by atoms with Gasteiger partial charge in [-0.05, 0) is 17.7 Å². The van der Waals surface area contributed by atoms with E-state index in [2.05, 4.69) is 5.32 Å². The Kier molecular flexibility index (Phi) is 4.06. The van der Waals surface area contributed by atoms with E-state index >= 15 is 0 Å². The number of carbonyl (C=O) groups excluding carboxylic acids is 1. The normalized spacial score (nSPS) is 11.4. The van der Waals surface area contributed by atoms with Gasteiger partial charge in [-0.2, -0.15) is 5.26 Å². The summed E-state index contributed by atoms with van der Waals surface area (Å²) in [5.74, 6) is -3.22. The predicted octanol–water partition coefficient (Wildman–Crippen LogP) is 3.21. The van der Waals surface area contributed by atoms with Crippen LogP contribution in [0.1, 0.15) is 11.5 Å². The van der Waals surface area contributed by atoms with Crippen LogP contribution in [0, 0.1) is 23.0 Å². The van der Waals surface area contributed by atoms with Crippen LogP contribution in [0.2, 0.25) is 0 Å². The van der Waals surface area contributed by atoms with Crippen LogP contribution >= 0.6 is 0 Å². The van der Waals surface area contributed by atoms with Crippen molar-refractivity contribution in [2.24, 2.45) is 0 Å². The van der Waals surface area contributed by atoms with Crippen LogP contribution in [0.25, 0.3) is 0 Å². The van der Waals surface area contributed by atoms with Crippen molar-refractivity contribution in [1.29, 1.82) is 5.26 Å². The van der Waals surface area contributed by atoms with Crippen LogP contribution in [0.15, 0.2) is 48.5 Å². The molecule has 2 aromatic carbocycles. The predicted molar refractivity (Wildman–Crippen MR) is 69.8 cm³/mol. The lowest BCUT2D eigenvalue weighted by Gasteiger charge is -2.11. The number of carbonyl (C=O) groups is 1. The van der Waals surface area contributed by atoms with Gasteiger partial charge < -0.3 is 5.32 Å². The lowest BCUT2D eigenvalue weighted by atomic mass is 10.00. The minimum Gasteiger partial charge on any atom is -0.322 e. The highest BCUT2D eigenvalue weighted by atomic mass is 19.1. The average Bonchev–Trinajstić information content (AvgIpc) is 2.45. The summed E-state index contributed by atoms with van der Waals surface area (Å²) in [6.45, 7) is 0. The Bertz CT molecular complexity index is 665. The fraction of sp³-hybridized carbons (Fsp3) is 0.0667. The second-order valence-electron chi connectivity index (χ2n) is 4.09. The smallest absolute Gasteiger partial charge is 0.246 e. The van der Waals surface area contributed by atoms with Gasteiger partial charge in [-0.1, -0.05) is 30.3 Å². The van der Waals surface area contributed by atoms with Gasteiger partial charge in [0.2, 0.25) is 5.91 Å². The molecular weight excluding hydrogens is 262 g/mol. The molecule has 0 aliphatic heterocycles. The first kappa shape index (κ1) is 13.7. The quantitative estimate of drug-likeness (QED) is 0.932. The molecule has 0 aromatic heterocycles. The molecule has 1 amide bonds. The molecule has 20 heavy (non-hydrogen) atoms. The van der Waals surface area contributed by atoms with Gasteiger partial charge in [0.1, 0.15) is 11.6 Å². The van der Waals surface area contributed by atoms with Crippen molar-refractivity contribution in [2.75, 3.05) is 5.32 Å². The van der Waals surface area contributed by atoms with Crippen molar-refractivity contribution in [3.05, 3.63) is 65.7 Å². The van der Waals surface area contributed by atoms with E-state index in [1.807, 2.05) is 6.07 Å². The number of rotatable bonds is 3. The fourth-order valence-corrected chi connectivity index (χ4v) is 1.73.